The van der Waals surface area contributed by atoms with Gasteiger partial charge in [0.1, 0.15) is 17.7 Å². The number of hydrogen-bond acceptors (Lipinski definition) is 6. The number of imidazole rings is 1. The second-order valence-corrected chi connectivity index (χ2v) is 6.47. The normalized spacial score (nSPS) is 23.5. The molecule has 0 N–H and O–H groups in total. The maximum absolute atomic E-state index is 12.1. The van der Waals surface area contributed by atoms with E-state index in [0.717, 1.165) is 5.82 Å². The fraction of sp³-hybridized carbons (Fsp3) is 0.286. The summed E-state index contributed by atoms with van der Waals surface area (Å²) < 4.78 is 1.77. The summed E-state index contributed by atoms with van der Waals surface area (Å²) in [6, 6.07) is 0. The van der Waals surface area contributed by atoms with Gasteiger partial charge in [0.05, 0.1) is 29.5 Å². The maximum Gasteiger partial charge on any atom is 1.00 e. The quantitative estimate of drug-likeness (QED) is 0.303. The Balaban J connectivity index is 0.00000169. The van der Waals surface area contributed by atoms with Crippen LogP contribution < -0.4 is 34.7 Å². The molecule has 0 saturated carbocycles. The van der Waals surface area contributed by atoms with Crippen LogP contribution in [0.2, 0.25) is 0 Å². The van der Waals surface area contributed by atoms with Crippen LogP contribution in [-0.4, -0.2) is 49.6 Å². The van der Waals surface area contributed by atoms with Crippen molar-refractivity contribution in [2.24, 2.45) is 0 Å². The van der Waals surface area contributed by atoms with Crippen molar-refractivity contribution in [1.29, 1.82) is 0 Å². The Morgan fingerprint density at radius 1 is 1.42 bits per heavy atom. The molecule has 0 bridgehead atoms. The van der Waals surface area contributed by atoms with E-state index in [-0.39, 0.29) is 59.0 Å². The average Bonchev–Trinajstić information content (AvgIpc) is 3.06. The summed E-state index contributed by atoms with van der Waals surface area (Å²) in [5, 5.41) is 12.0. The molecule has 0 radical (unpaired) electrons. The number of hydrogen-bond donors (Lipinski definition) is 0. The van der Waals surface area contributed by atoms with E-state index in [4.69, 9.17) is 0 Å². The summed E-state index contributed by atoms with van der Waals surface area (Å²) >= 11 is 1.25. The molecular formula is C14H11N4NaO4S. The third kappa shape index (κ3) is 2.52. The zero-order valence-electron chi connectivity index (χ0n) is 13.1. The minimum atomic E-state index is -1.36. The Labute approximate surface area is 163 Å². The molecule has 0 spiro atoms. The van der Waals surface area contributed by atoms with Gasteiger partial charge in [0.2, 0.25) is 5.91 Å². The molecular weight excluding hydrogens is 343 g/mol. The van der Waals surface area contributed by atoms with Gasteiger partial charge in [-0.2, -0.15) is 0 Å². The first kappa shape index (κ1) is 17.3. The monoisotopic (exact) mass is 354 g/mol. The van der Waals surface area contributed by atoms with Crippen LogP contribution >= 0.6 is 11.8 Å². The molecule has 3 aliphatic heterocycles. The molecule has 1 fully saturated rings. The van der Waals surface area contributed by atoms with Crippen LogP contribution in [0.3, 0.4) is 0 Å². The molecule has 1 saturated heterocycles. The molecule has 1 aromatic rings. The first-order valence-corrected chi connectivity index (χ1v) is 7.82. The van der Waals surface area contributed by atoms with Gasteiger partial charge in [0.25, 0.3) is 5.91 Å². The number of nitrogens with zero attached hydrogens (tertiary/aromatic N) is 4. The summed E-state index contributed by atoms with van der Waals surface area (Å²) in [6.07, 6.45) is 3.38. The van der Waals surface area contributed by atoms with Gasteiger partial charge in [-0.25, -0.2) is 4.98 Å². The Hall–Kier alpha value is -1.55. The van der Waals surface area contributed by atoms with E-state index in [2.05, 4.69) is 4.98 Å². The average molecular weight is 354 g/mol. The molecule has 24 heavy (non-hydrogen) atoms. The summed E-state index contributed by atoms with van der Waals surface area (Å²) in [6.45, 7) is 0.660. The number of likely N-dealkylation sites (N-methyl/N-ethyl adjacent to an activating group) is 1. The predicted octanol–water partition coefficient (Wildman–Crippen LogP) is -4.25. The molecule has 0 aromatic carbocycles. The molecule has 1 atom stereocenters. The van der Waals surface area contributed by atoms with Gasteiger partial charge >= 0.3 is 29.6 Å². The first-order chi connectivity index (χ1) is 11.0. The molecule has 4 heterocycles. The topological polar surface area (TPSA) is 98.6 Å². The van der Waals surface area contributed by atoms with E-state index in [1.54, 1.807) is 28.8 Å². The van der Waals surface area contributed by atoms with Crippen LogP contribution in [0.4, 0.5) is 0 Å². The number of carbonyl (C=O) groups excluding carboxylic acids is 3. The molecule has 8 nitrogen and oxygen atoms in total. The second-order valence-electron chi connectivity index (χ2n) is 5.51. The van der Waals surface area contributed by atoms with Crippen molar-refractivity contribution in [3.05, 3.63) is 34.4 Å². The molecule has 2 amide bonds. The van der Waals surface area contributed by atoms with Crippen LogP contribution in [0.25, 0.3) is 6.08 Å². The fourth-order valence-electron chi connectivity index (χ4n) is 2.79. The van der Waals surface area contributed by atoms with E-state index in [1.165, 1.54) is 22.1 Å². The number of aromatic nitrogens is 2. The number of thioether (sulfide) groups is 1. The summed E-state index contributed by atoms with van der Waals surface area (Å²) in [4.78, 5) is 42.0. The largest absolute Gasteiger partial charge is 1.00 e. The number of carboxylic acids is 1. The van der Waals surface area contributed by atoms with Crippen LogP contribution in [0.15, 0.2) is 22.9 Å². The molecule has 118 valence electrons. The van der Waals surface area contributed by atoms with Crippen molar-refractivity contribution >= 4 is 35.6 Å². The predicted molar refractivity (Wildman–Crippen MR) is 78.0 cm³/mol. The van der Waals surface area contributed by atoms with Crippen molar-refractivity contribution in [2.75, 3.05) is 7.05 Å². The van der Waals surface area contributed by atoms with E-state index < -0.39 is 5.97 Å². The van der Waals surface area contributed by atoms with Crippen molar-refractivity contribution in [2.45, 2.75) is 18.5 Å². The second kappa shape index (κ2) is 6.07. The van der Waals surface area contributed by atoms with Gasteiger partial charge in [-0.15, -0.1) is 11.8 Å². The van der Waals surface area contributed by atoms with Gasteiger partial charge in [-0.1, -0.05) is 0 Å². The van der Waals surface area contributed by atoms with Crippen LogP contribution in [0, 0.1) is 0 Å². The molecule has 3 aliphatic rings. The van der Waals surface area contributed by atoms with Gasteiger partial charge in [-0.3, -0.25) is 14.5 Å². The Morgan fingerprint density at radius 2 is 2.17 bits per heavy atom. The number of β-lactam (4-membered cyclic amide) rings is 1. The SMILES string of the molecule is CN1Cc2nc(/C=C3/C(=O)N4C(C(=O)[O-])=CSC34)cn2CC1=O.[Na+]. The van der Waals surface area contributed by atoms with Gasteiger partial charge < -0.3 is 19.4 Å². The molecule has 10 heteroatoms. The first-order valence-electron chi connectivity index (χ1n) is 6.88. The van der Waals surface area contributed by atoms with Crippen LogP contribution in [0.5, 0.6) is 0 Å². The number of carbonyl (C=O) groups is 3. The van der Waals surface area contributed by atoms with Gasteiger partial charge in [0.15, 0.2) is 0 Å². The molecule has 1 aromatic heterocycles. The van der Waals surface area contributed by atoms with E-state index >= 15 is 0 Å². The number of rotatable bonds is 2. The molecule has 0 aliphatic carbocycles. The smallest absolute Gasteiger partial charge is 0.543 e. The number of carboxylic acid groups (broad SMARTS) is 1. The third-order valence-corrected chi connectivity index (χ3v) is 5.12. The van der Waals surface area contributed by atoms with Crippen molar-refractivity contribution in [3.8, 4) is 0 Å². The van der Waals surface area contributed by atoms with E-state index in [1.807, 2.05) is 0 Å². The third-order valence-electron chi connectivity index (χ3n) is 4.03. The van der Waals surface area contributed by atoms with Crippen LogP contribution in [0.1, 0.15) is 11.5 Å². The summed E-state index contributed by atoms with van der Waals surface area (Å²) in [5.74, 6) is -0.939. The van der Waals surface area contributed by atoms with Crippen molar-refractivity contribution in [3.63, 3.8) is 0 Å². The Morgan fingerprint density at radius 3 is 2.88 bits per heavy atom. The maximum atomic E-state index is 12.1. The summed E-state index contributed by atoms with van der Waals surface area (Å²) in [7, 11) is 1.72. The summed E-state index contributed by atoms with van der Waals surface area (Å²) in [5.41, 5.74) is 0.990. The minimum absolute atomic E-state index is 0. The minimum Gasteiger partial charge on any atom is -0.543 e. The van der Waals surface area contributed by atoms with Gasteiger partial charge in [-0.05, 0) is 11.5 Å². The molecule has 1 unspecified atom stereocenters. The number of aliphatic carboxylic acids is 1. The van der Waals surface area contributed by atoms with Gasteiger partial charge in [0, 0.05) is 13.2 Å². The fourth-order valence-corrected chi connectivity index (χ4v) is 3.91. The number of fused-ring (bicyclic) bond motifs is 2. The Kier molecular flexibility index (Phi) is 4.37. The molecule has 4 rings (SSSR count). The van der Waals surface area contributed by atoms with E-state index in [0.29, 0.717) is 17.8 Å². The zero-order valence-corrected chi connectivity index (χ0v) is 15.9. The van der Waals surface area contributed by atoms with Crippen molar-refractivity contribution in [1.82, 2.24) is 19.4 Å². The van der Waals surface area contributed by atoms with Crippen molar-refractivity contribution < 1.29 is 49.0 Å². The van der Waals surface area contributed by atoms with E-state index in [9.17, 15) is 19.5 Å². The standard InChI is InChI=1S/C14H12N4O4S.Na/c1-16-4-10-15-7(3-17(10)5-11(16)19)2-8-12(20)18-9(14(21)22)6-23-13(8)18;/h2-3,6,13H,4-5H2,1H3,(H,21,22);/q;+1/p-1/b8-2-;. The number of amides is 2. The Bertz CT molecular complexity index is 831. The van der Waals surface area contributed by atoms with Crippen LogP contribution in [-0.2, 0) is 27.5 Å². The zero-order chi connectivity index (χ0) is 16.3.